The normalized spacial score (nSPS) is 10.5. The van der Waals surface area contributed by atoms with Gasteiger partial charge in [-0.2, -0.15) is 0 Å². The van der Waals surface area contributed by atoms with Crippen LogP contribution >= 0.6 is 0 Å². The van der Waals surface area contributed by atoms with E-state index in [1.54, 1.807) is 0 Å². The number of nitrogens with zero attached hydrogens (tertiary/aromatic N) is 2. The molecule has 0 saturated heterocycles. The fourth-order valence-corrected chi connectivity index (χ4v) is 1.49. The number of rotatable bonds is 2. The van der Waals surface area contributed by atoms with Crippen LogP contribution in [0.4, 0.5) is 10.2 Å². The van der Waals surface area contributed by atoms with Gasteiger partial charge >= 0.3 is 0 Å². The highest BCUT2D eigenvalue weighted by Crippen LogP contribution is 2.13. The second-order valence-corrected chi connectivity index (χ2v) is 3.49. The molecular weight excluding hydrogens is 223 g/mol. The molecule has 2 aromatic rings. The molecule has 17 heavy (non-hydrogen) atoms. The third-order valence-corrected chi connectivity index (χ3v) is 2.37. The molecule has 0 radical (unpaired) electrons. The number of halogens is 1. The predicted molar refractivity (Wildman–Crippen MR) is 61.8 cm³/mol. The second kappa shape index (κ2) is 4.32. The van der Waals surface area contributed by atoms with Gasteiger partial charge in [0, 0.05) is 0 Å². The van der Waals surface area contributed by atoms with Crippen molar-refractivity contribution >= 4 is 5.82 Å². The van der Waals surface area contributed by atoms with Gasteiger partial charge in [0.15, 0.2) is 5.82 Å². The quantitative estimate of drug-likeness (QED) is 0.815. The summed E-state index contributed by atoms with van der Waals surface area (Å²) in [6, 6.07) is 2.67. The van der Waals surface area contributed by atoms with Crippen LogP contribution in [0.5, 0.6) is 0 Å². The molecule has 88 valence electrons. The van der Waals surface area contributed by atoms with Crippen molar-refractivity contribution in [3.63, 3.8) is 0 Å². The number of nitrogens with two attached hydrogens (primary N) is 1. The fourth-order valence-electron chi connectivity index (χ4n) is 1.49. The Kier molecular flexibility index (Phi) is 2.86. The van der Waals surface area contributed by atoms with Crippen LogP contribution in [0.25, 0.3) is 11.5 Å². The number of pyridine rings is 1. The minimum absolute atomic E-state index is 0.178. The zero-order chi connectivity index (χ0) is 12.4. The molecule has 2 aromatic heterocycles. The molecule has 0 fully saturated rings. The summed E-state index contributed by atoms with van der Waals surface area (Å²) in [7, 11) is 0. The van der Waals surface area contributed by atoms with Crippen LogP contribution in [0.3, 0.4) is 0 Å². The maximum atomic E-state index is 12.7. The summed E-state index contributed by atoms with van der Waals surface area (Å²) in [5, 5.41) is 0. The highest BCUT2D eigenvalue weighted by Gasteiger charge is 2.09. The predicted octanol–water partition coefficient (Wildman–Crippen LogP) is 1.12. The van der Waals surface area contributed by atoms with Crippen molar-refractivity contribution in [2.45, 2.75) is 13.3 Å². The van der Waals surface area contributed by atoms with Crippen LogP contribution < -0.4 is 11.3 Å². The molecule has 2 heterocycles. The van der Waals surface area contributed by atoms with E-state index in [1.807, 2.05) is 6.92 Å². The van der Waals surface area contributed by atoms with E-state index < -0.39 is 5.82 Å². The molecule has 0 aliphatic heterocycles. The smallest absolute Gasteiger partial charge is 0.256 e. The van der Waals surface area contributed by atoms with Crippen molar-refractivity contribution in [3.05, 3.63) is 40.1 Å². The Balaban J connectivity index is 2.54. The van der Waals surface area contributed by atoms with Gasteiger partial charge in [-0.1, -0.05) is 6.92 Å². The average Bonchev–Trinajstić information content (AvgIpc) is 2.29. The molecule has 2 rings (SSSR count). The topological polar surface area (TPSA) is 84.7 Å². The minimum atomic E-state index is -0.450. The maximum Gasteiger partial charge on any atom is 0.256 e. The molecular formula is C11H11FN4O. The Bertz CT molecular complexity index is 591. The van der Waals surface area contributed by atoms with Gasteiger partial charge in [0.1, 0.15) is 17.3 Å². The highest BCUT2D eigenvalue weighted by molar-refractivity contribution is 5.52. The van der Waals surface area contributed by atoms with E-state index in [0.717, 1.165) is 6.20 Å². The summed E-state index contributed by atoms with van der Waals surface area (Å²) in [6.07, 6.45) is 1.56. The van der Waals surface area contributed by atoms with E-state index in [0.29, 0.717) is 17.7 Å². The first-order valence-corrected chi connectivity index (χ1v) is 5.12. The van der Waals surface area contributed by atoms with Crippen LogP contribution in [0.1, 0.15) is 12.5 Å². The van der Waals surface area contributed by atoms with Crippen LogP contribution in [-0.2, 0) is 6.42 Å². The van der Waals surface area contributed by atoms with Gasteiger partial charge in [-0.3, -0.25) is 4.79 Å². The van der Waals surface area contributed by atoms with Crippen LogP contribution in [0, 0.1) is 5.82 Å². The monoisotopic (exact) mass is 234 g/mol. The Morgan fingerprint density at radius 3 is 2.76 bits per heavy atom. The van der Waals surface area contributed by atoms with Gasteiger partial charge in [-0.05, 0) is 18.6 Å². The summed E-state index contributed by atoms with van der Waals surface area (Å²) in [5.41, 5.74) is 6.19. The molecule has 0 saturated carbocycles. The zero-order valence-corrected chi connectivity index (χ0v) is 9.20. The summed E-state index contributed by atoms with van der Waals surface area (Å²) in [6.45, 7) is 1.82. The second-order valence-electron chi connectivity index (χ2n) is 3.49. The van der Waals surface area contributed by atoms with Crippen LogP contribution in [0.15, 0.2) is 23.1 Å². The molecule has 0 aliphatic rings. The number of nitrogens with one attached hydrogen (secondary N) is 1. The standard InChI is InChI=1S/C11H11FN4O/c1-2-7-9(13)15-10(16-11(7)17)8-4-3-6(12)5-14-8/h3-5H,2H2,1H3,(H3,13,15,16,17). The van der Waals surface area contributed by atoms with Gasteiger partial charge in [0.25, 0.3) is 5.56 Å². The number of hydrogen-bond acceptors (Lipinski definition) is 4. The molecule has 5 nitrogen and oxygen atoms in total. The molecule has 6 heteroatoms. The Labute approximate surface area is 96.5 Å². The lowest BCUT2D eigenvalue weighted by atomic mass is 10.2. The van der Waals surface area contributed by atoms with E-state index in [4.69, 9.17) is 5.73 Å². The zero-order valence-electron chi connectivity index (χ0n) is 9.20. The average molecular weight is 234 g/mol. The van der Waals surface area contributed by atoms with Crippen molar-refractivity contribution in [2.75, 3.05) is 5.73 Å². The highest BCUT2D eigenvalue weighted by atomic mass is 19.1. The maximum absolute atomic E-state index is 12.7. The Hall–Kier alpha value is -2.24. The summed E-state index contributed by atoms with van der Waals surface area (Å²) < 4.78 is 12.7. The number of anilines is 1. The molecule has 0 bridgehead atoms. The first-order valence-electron chi connectivity index (χ1n) is 5.12. The summed E-state index contributed by atoms with van der Waals surface area (Å²) in [4.78, 5) is 22.1. The first kappa shape index (κ1) is 11.3. The van der Waals surface area contributed by atoms with Crippen molar-refractivity contribution < 1.29 is 4.39 Å². The number of aromatic nitrogens is 3. The number of aromatic amines is 1. The molecule has 0 unspecified atom stereocenters. The van der Waals surface area contributed by atoms with E-state index in [9.17, 15) is 9.18 Å². The molecule has 0 aliphatic carbocycles. The fraction of sp³-hybridized carbons (Fsp3) is 0.182. The first-order chi connectivity index (χ1) is 8.11. The molecule has 0 atom stereocenters. The molecule has 3 N–H and O–H groups in total. The van der Waals surface area contributed by atoms with E-state index in [2.05, 4.69) is 15.0 Å². The Morgan fingerprint density at radius 2 is 2.24 bits per heavy atom. The lowest BCUT2D eigenvalue weighted by Gasteiger charge is -2.04. The lowest BCUT2D eigenvalue weighted by Crippen LogP contribution is -2.17. The van der Waals surface area contributed by atoms with Gasteiger partial charge in [0.05, 0.1) is 11.8 Å². The van der Waals surface area contributed by atoms with Crippen LogP contribution in [-0.4, -0.2) is 15.0 Å². The van der Waals surface area contributed by atoms with Crippen molar-refractivity contribution in [2.24, 2.45) is 0 Å². The van der Waals surface area contributed by atoms with Crippen LogP contribution in [0.2, 0.25) is 0 Å². The lowest BCUT2D eigenvalue weighted by molar-refractivity contribution is 0.621. The van der Waals surface area contributed by atoms with Gasteiger partial charge in [-0.25, -0.2) is 14.4 Å². The third kappa shape index (κ3) is 2.15. The Morgan fingerprint density at radius 1 is 1.47 bits per heavy atom. The number of hydrogen-bond donors (Lipinski definition) is 2. The van der Waals surface area contributed by atoms with E-state index in [1.165, 1.54) is 12.1 Å². The summed E-state index contributed by atoms with van der Waals surface area (Å²) in [5.74, 6) is -0.0312. The van der Waals surface area contributed by atoms with E-state index >= 15 is 0 Å². The van der Waals surface area contributed by atoms with Gasteiger partial charge < -0.3 is 10.7 Å². The van der Waals surface area contributed by atoms with Crippen molar-refractivity contribution in [1.29, 1.82) is 0 Å². The molecule has 0 amide bonds. The number of nitrogen functional groups attached to an aromatic ring is 1. The molecule has 0 aromatic carbocycles. The van der Waals surface area contributed by atoms with Gasteiger partial charge in [-0.15, -0.1) is 0 Å². The van der Waals surface area contributed by atoms with Crippen molar-refractivity contribution in [3.8, 4) is 11.5 Å². The number of H-pyrrole nitrogens is 1. The third-order valence-electron chi connectivity index (χ3n) is 2.37. The van der Waals surface area contributed by atoms with Crippen molar-refractivity contribution in [1.82, 2.24) is 15.0 Å². The minimum Gasteiger partial charge on any atom is -0.383 e. The largest absolute Gasteiger partial charge is 0.383 e. The van der Waals surface area contributed by atoms with Gasteiger partial charge in [0.2, 0.25) is 0 Å². The molecule has 0 spiro atoms. The summed E-state index contributed by atoms with van der Waals surface area (Å²) >= 11 is 0. The SMILES string of the molecule is CCc1c(N)nc(-c2ccc(F)cn2)[nH]c1=O. The van der Waals surface area contributed by atoms with E-state index in [-0.39, 0.29) is 17.2 Å².